The van der Waals surface area contributed by atoms with Crippen LogP contribution in [-0.2, 0) is 19.0 Å². The average molecular weight is 235 g/mol. The van der Waals surface area contributed by atoms with Crippen molar-refractivity contribution in [2.24, 2.45) is 5.73 Å². The average Bonchev–Trinajstić information content (AvgIpc) is 2.26. The Balaban J connectivity index is 3.37. The lowest BCUT2D eigenvalue weighted by molar-refractivity contribution is -0.151. The van der Waals surface area contributed by atoms with Crippen LogP contribution in [-0.4, -0.2) is 57.3 Å². The van der Waals surface area contributed by atoms with Crippen LogP contribution in [0.4, 0.5) is 0 Å². The molecule has 0 aromatic heterocycles. The summed E-state index contributed by atoms with van der Waals surface area (Å²) in [6.07, 6.45) is 0.313. The molecule has 0 heterocycles. The fourth-order valence-corrected chi connectivity index (χ4v) is 1.09. The van der Waals surface area contributed by atoms with E-state index in [9.17, 15) is 4.79 Å². The Morgan fingerprint density at radius 3 is 2.62 bits per heavy atom. The van der Waals surface area contributed by atoms with E-state index in [1.54, 1.807) is 7.11 Å². The molecule has 0 radical (unpaired) electrons. The quantitative estimate of drug-likeness (QED) is 0.484. The minimum Gasteiger partial charge on any atom is -0.479 e. The van der Waals surface area contributed by atoms with Crippen molar-refractivity contribution in [2.45, 2.75) is 18.9 Å². The van der Waals surface area contributed by atoms with Gasteiger partial charge in [0.2, 0.25) is 0 Å². The van der Waals surface area contributed by atoms with Crippen LogP contribution in [0.3, 0.4) is 0 Å². The van der Waals surface area contributed by atoms with Crippen LogP contribution in [0, 0.1) is 0 Å². The van der Waals surface area contributed by atoms with Crippen LogP contribution in [0.2, 0.25) is 0 Å². The number of rotatable bonds is 11. The predicted octanol–water partition coefficient (Wildman–Crippen LogP) is -0.142. The molecule has 0 saturated heterocycles. The maximum Gasteiger partial charge on any atom is 0.332 e. The third kappa shape index (κ3) is 8.60. The summed E-state index contributed by atoms with van der Waals surface area (Å²) in [7, 11) is 1.63. The van der Waals surface area contributed by atoms with E-state index in [0.717, 1.165) is 6.42 Å². The van der Waals surface area contributed by atoms with Gasteiger partial charge in [0, 0.05) is 20.3 Å². The molecule has 6 nitrogen and oxygen atoms in total. The summed E-state index contributed by atoms with van der Waals surface area (Å²) in [4.78, 5) is 10.7. The molecule has 16 heavy (non-hydrogen) atoms. The minimum atomic E-state index is -0.982. The molecule has 0 aromatic rings. The number of carbonyl (C=O) groups is 1. The number of carboxylic acids is 1. The first-order valence-corrected chi connectivity index (χ1v) is 5.33. The highest BCUT2D eigenvalue weighted by molar-refractivity contribution is 5.72. The van der Waals surface area contributed by atoms with Crippen LogP contribution in [0.15, 0.2) is 0 Å². The van der Waals surface area contributed by atoms with Crippen molar-refractivity contribution in [3.8, 4) is 0 Å². The second-order valence-corrected chi connectivity index (χ2v) is 3.23. The Kier molecular flexibility index (Phi) is 10.3. The number of ether oxygens (including phenoxy) is 3. The number of hydrogen-bond donors (Lipinski definition) is 2. The number of nitrogens with two attached hydrogens (primary N) is 1. The van der Waals surface area contributed by atoms with Gasteiger partial charge >= 0.3 is 5.97 Å². The summed E-state index contributed by atoms with van der Waals surface area (Å²) >= 11 is 0. The van der Waals surface area contributed by atoms with Gasteiger partial charge in [0.1, 0.15) is 0 Å². The lowest BCUT2D eigenvalue weighted by atomic mass is 10.2. The summed E-state index contributed by atoms with van der Waals surface area (Å²) in [6, 6.07) is 0. The Labute approximate surface area is 95.7 Å². The van der Waals surface area contributed by atoms with E-state index >= 15 is 0 Å². The first-order chi connectivity index (χ1) is 7.72. The summed E-state index contributed by atoms with van der Waals surface area (Å²) in [5.74, 6) is -0.982. The molecule has 0 aliphatic rings. The van der Waals surface area contributed by atoms with Gasteiger partial charge in [-0.15, -0.1) is 0 Å². The number of aliphatic carboxylic acids is 1. The molecule has 96 valence electrons. The van der Waals surface area contributed by atoms with Crippen molar-refractivity contribution < 1.29 is 24.1 Å². The summed E-state index contributed by atoms with van der Waals surface area (Å²) in [5, 5.41) is 8.74. The topological polar surface area (TPSA) is 91.0 Å². The first kappa shape index (κ1) is 15.3. The van der Waals surface area contributed by atoms with Gasteiger partial charge in [-0.3, -0.25) is 0 Å². The molecule has 0 rings (SSSR count). The molecule has 0 amide bonds. The van der Waals surface area contributed by atoms with Crippen LogP contribution >= 0.6 is 0 Å². The molecule has 0 aromatic carbocycles. The Hall–Kier alpha value is -0.690. The van der Waals surface area contributed by atoms with Gasteiger partial charge < -0.3 is 25.1 Å². The highest BCUT2D eigenvalue weighted by atomic mass is 16.5. The van der Waals surface area contributed by atoms with Crippen molar-refractivity contribution in [1.29, 1.82) is 0 Å². The molecule has 0 bridgehead atoms. The molecule has 0 saturated carbocycles. The zero-order chi connectivity index (χ0) is 12.2. The molecule has 3 N–H and O–H groups in total. The smallest absolute Gasteiger partial charge is 0.332 e. The predicted molar refractivity (Wildman–Crippen MR) is 58.4 cm³/mol. The van der Waals surface area contributed by atoms with Crippen LogP contribution < -0.4 is 5.73 Å². The zero-order valence-corrected chi connectivity index (χ0v) is 9.68. The standard InChI is InChI=1S/C10H21NO5/c1-14-5-2-6-15-7-8-16-9(3-4-11)10(12)13/h9H,2-8,11H2,1H3,(H,12,13). The van der Waals surface area contributed by atoms with Gasteiger partial charge in [0.15, 0.2) is 6.10 Å². The van der Waals surface area contributed by atoms with E-state index in [-0.39, 0.29) is 6.61 Å². The lowest BCUT2D eigenvalue weighted by Gasteiger charge is -2.12. The van der Waals surface area contributed by atoms with Crippen molar-refractivity contribution in [1.82, 2.24) is 0 Å². The van der Waals surface area contributed by atoms with E-state index in [1.807, 2.05) is 0 Å². The molecule has 0 spiro atoms. The molecule has 1 atom stereocenters. The SMILES string of the molecule is COCCCOCCOC(CCN)C(=O)O. The van der Waals surface area contributed by atoms with E-state index in [4.69, 9.17) is 25.1 Å². The third-order valence-electron chi connectivity index (χ3n) is 1.89. The van der Waals surface area contributed by atoms with E-state index in [2.05, 4.69) is 0 Å². The fraction of sp³-hybridized carbons (Fsp3) is 0.900. The van der Waals surface area contributed by atoms with Gasteiger partial charge in [0.25, 0.3) is 0 Å². The van der Waals surface area contributed by atoms with Crippen molar-refractivity contribution in [3.63, 3.8) is 0 Å². The number of hydrogen-bond acceptors (Lipinski definition) is 5. The molecule has 6 heteroatoms. The van der Waals surface area contributed by atoms with Gasteiger partial charge in [0.05, 0.1) is 13.2 Å². The third-order valence-corrected chi connectivity index (χ3v) is 1.89. The van der Waals surface area contributed by atoms with Crippen molar-refractivity contribution in [2.75, 3.05) is 40.1 Å². The summed E-state index contributed by atoms with van der Waals surface area (Å²) < 4.78 is 15.2. The zero-order valence-electron chi connectivity index (χ0n) is 9.68. The van der Waals surface area contributed by atoms with Crippen LogP contribution in [0.5, 0.6) is 0 Å². The fourth-order valence-electron chi connectivity index (χ4n) is 1.09. The Morgan fingerprint density at radius 2 is 2.06 bits per heavy atom. The van der Waals surface area contributed by atoms with Gasteiger partial charge in [-0.25, -0.2) is 4.79 Å². The maximum atomic E-state index is 10.7. The van der Waals surface area contributed by atoms with Gasteiger partial charge in [-0.05, 0) is 19.4 Å². The molecular formula is C10H21NO5. The van der Waals surface area contributed by atoms with Crippen LogP contribution in [0.25, 0.3) is 0 Å². The largest absolute Gasteiger partial charge is 0.479 e. The molecule has 0 aliphatic carbocycles. The Bertz CT molecular complexity index is 177. The Morgan fingerprint density at radius 1 is 1.31 bits per heavy atom. The molecular weight excluding hydrogens is 214 g/mol. The van der Waals surface area contributed by atoms with Gasteiger partial charge in [-0.1, -0.05) is 0 Å². The highest BCUT2D eigenvalue weighted by Crippen LogP contribution is 1.97. The minimum absolute atomic E-state index is 0.268. The maximum absolute atomic E-state index is 10.7. The van der Waals surface area contributed by atoms with Crippen molar-refractivity contribution >= 4 is 5.97 Å². The van der Waals surface area contributed by atoms with E-state index < -0.39 is 12.1 Å². The second-order valence-electron chi connectivity index (χ2n) is 3.23. The van der Waals surface area contributed by atoms with E-state index in [1.165, 1.54) is 0 Å². The molecule has 0 fully saturated rings. The number of carboxylic acid groups (broad SMARTS) is 1. The second kappa shape index (κ2) is 10.8. The van der Waals surface area contributed by atoms with Crippen molar-refractivity contribution in [3.05, 3.63) is 0 Å². The van der Waals surface area contributed by atoms with E-state index in [0.29, 0.717) is 32.8 Å². The lowest BCUT2D eigenvalue weighted by Crippen LogP contribution is -2.28. The summed E-state index contributed by atoms with van der Waals surface area (Å²) in [5.41, 5.74) is 5.26. The number of methoxy groups -OCH3 is 1. The molecule has 1 unspecified atom stereocenters. The molecule has 0 aliphatic heterocycles. The monoisotopic (exact) mass is 235 g/mol. The normalized spacial score (nSPS) is 12.6. The van der Waals surface area contributed by atoms with Gasteiger partial charge in [-0.2, -0.15) is 0 Å². The highest BCUT2D eigenvalue weighted by Gasteiger charge is 2.16. The van der Waals surface area contributed by atoms with Crippen LogP contribution in [0.1, 0.15) is 12.8 Å². The summed E-state index contributed by atoms with van der Waals surface area (Å²) in [6.45, 7) is 2.20. The first-order valence-electron chi connectivity index (χ1n) is 5.33.